The van der Waals surface area contributed by atoms with E-state index < -0.39 is 0 Å². The van der Waals surface area contributed by atoms with Crippen LogP contribution in [-0.4, -0.2) is 10.9 Å². The lowest BCUT2D eigenvalue weighted by Crippen LogP contribution is -2.23. The van der Waals surface area contributed by atoms with Crippen LogP contribution in [0.5, 0.6) is 0 Å². The van der Waals surface area contributed by atoms with Crippen molar-refractivity contribution in [3.05, 3.63) is 58.8 Å². The minimum Gasteiger partial charge on any atom is -0.384 e. The average molecular weight is 269 g/mol. The van der Waals surface area contributed by atoms with E-state index in [0.29, 0.717) is 17.9 Å². The van der Waals surface area contributed by atoms with Crippen LogP contribution < -0.4 is 11.1 Å². The van der Waals surface area contributed by atoms with E-state index in [1.807, 2.05) is 38.1 Å². The molecule has 0 aliphatic carbocycles. The number of hydrogen-bond donors (Lipinski definition) is 2. The number of amides is 1. The Morgan fingerprint density at radius 3 is 2.60 bits per heavy atom. The molecule has 104 valence electrons. The molecule has 20 heavy (non-hydrogen) atoms. The molecule has 0 saturated heterocycles. The Labute approximate surface area is 119 Å². The quantitative estimate of drug-likeness (QED) is 0.896. The van der Waals surface area contributed by atoms with Crippen LogP contribution in [0.1, 0.15) is 34.1 Å². The van der Waals surface area contributed by atoms with Gasteiger partial charge in [-0.05, 0) is 31.0 Å². The molecule has 0 saturated carbocycles. The molecule has 1 amide bonds. The number of carbonyl (C=O) groups is 1. The predicted molar refractivity (Wildman–Crippen MR) is 80.4 cm³/mol. The van der Waals surface area contributed by atoms with Crippen LogP contribution in [-0.2, 0) is 13.0 Å². The summed E-state index contributed by atoms with van der Waals surface area (Å²) in [5.74, 6) is 0.249. The van der Waals surface area contributed by atoms with Crippen molar-refractivity contribution in [3.8, 4) is 0 Å². The van der Waals surface area contributed by atoms with Gasteiger partial charge in [0.05, 0.1) is 0 Å². The van der Waals surface area contributed by atoms with Gasteiger partial charge in [-0.3, -0.25) is 4.79 Å². The van der Waals surface area contributed by atoms with E-state index in [1.165, 1.54) is 5.56 Å². The van der Waals surface area contributed by atoms with E-state index in [2.05, 4.69) is 10.3 Å². The maximum absolute atomic E-state index is 12.1. The van der Waals surface area contributed by atoms with Crippen molar-refractivity contribution in [1.82, 2.24) is 10.3 Å². The van der Waals surface area contributed by atoms with Crippen LogP contribution in [0.25, 0.3) is 0 Å². The zero-order chi connectivity index (χ0) is 14.5. The number of carbonyl (C=O) groups excluding carboxylic acids is 1. The van der Waals surface area contributed by atoms with E-state index in [9.17, 15) is 4.79 Å². The predicted octanol–water partition coefficient (Wildman–Crippen LogP) is 2.46. The zero-order valence-electron chi connectivity index (χ0n) is 11.8. The van der Waals surface area contributed by atoms with Gasteiger partial charge in [-0.1, -0.05) is 36.8 Å². The van der Waals surface area contributed by atoms with Gasteiger partial charge in [-0.25, -0.2) is 4.98 Å². The van der Waals surface area contributed by atoms with E-state index >= 15 is 0 Å². The van der Waals surface area contributed by atoms with E-state index in [-0.39, 0.29) is 5.91 Å². The van der Waals surface area contributed by atoms with E-state index in [1.54, 1.807) is 12.1 Å². The number of nitrogens with two attached hydrogens (primary N) is 1. The number of anilines is 1. The van der Waals surface area contributed by atoms with Crippen molar-refractivity contribution >= 4 is 11.7 Å². The number of rotatable bonds is 4. The largest absolute Gasteiger partial charge is 0.384 e. The number of aromatic nitrogens is 1. The highest BCUT2D eigenvalue weighted by atomic mass is 16.1. The van der Waals surface area contributed by atoms with E-state index in [4.69, 9.17) is 5.73 Å². The topological polar surface area (TPSA) is 68.0 Å². The first-order valence-corrected chi connectivity index (χ1v) is 6.68. The van der Waals surface area contributed by atoms with Crippen molar-refractivity contribution in [3.63, 3.8) is 0 Å². The number of nitrogens with one attached hydrogen (secondary N) is 1. The molecule has 1 aromatic carbocycles. The zero-order valence-corrected chi connectivity index (χ0v) is 11.8. The fourth-order valence-corrected chi connectivity index (χ4v) is 1.91. The Morgan fingerprint density at radius 2 is 1.95 bits per heavy atom. The summed E-state index contributed by atoms with van der Waals surface area (Å²) in [6.45, 7) is 4.52. The van der Waals surface area contributed by atoms with Gasteiger partial charge >= 0.3 is 0 Å². The molecule has 1 aromatic heterocycles. The number of hydrogen-bond acceptors (Lipinski definition) is 3. The lowest BCUT2D eigenvalue weighted by molar-refractivity contribution is 0.0950. The van der Waals surface area contributed by atoms with Gasteiger partial charge in [-0.2, -0.15) is 0 Å². The maximum atomic E-state index is 12.1. The van der Waals surface area contributed by atoms with Gasteiger partial charge in [0.2, 0.25) is 0 Å². The Kier molecular flexibility index (Phi) is 4.35. The number of nitrogens with zero attached hydrogens (tertiary/aromatic N) is 1. The summed E-state index contributed by atoms with van der Waals surface area (Å²) in [6.07, 6.45) is 0.753. The molecule has 2 aromatic rings. The van der Waals surface area contributed by atoms with Gasteiger partial charge in [0.25, 0.3) is 5.91 Å². The molecular weight excluding hydrogens is 250 g/mol. The first-order chi connectivity index (χ1) is 9.58. The highest BCUT2D eigenvalue weighted by Gasteiger charge is 2.08. The molecule has 0 aliphatic rings. The highest BCUT2D eigenvalue weighted by Crippen LogP contribution is 2.09. The molecule has 0 aliphatic heterocycles. The third-order valence-electron chi connectivity index (χ3n) is 3.10. The molecule has 2 rings (SSSR count). The van der Waals surface area contributed by atoms with Gasteiger partial charge in [0.1, 0.15) is 5.82 Å². The summed E-state index contributed by atoms with van der Waals surface area (Å²) in [6, 6.07) is 11.5. The number of aryl methyl sites for hydroxylation is 2. The second-order valence-corrected chi connectivity index (χ2v) is 4.79. The first-order valence-electron chi connectivity index (χ1n) is 6.68. The van der Waals surface area contributed by atoms with Crippen molar-refractivity contribution in [1.29, 1.82) is 0 Å². The molecule has 0 fully saturated rings. The van der Waals surface area contributed by atoms with Gasteiger partial charge < -0.3 is 11.1 Å². The molecule has 3 N–H and O–H groups in total. The molecule has 0 spiro atoms. The third kappa shape index (κ3) is 3.57. The van der Waals surface area contributed by atoms with Crippen LogP contribution in [0, 0.1) is 6.92 Å². The molecular formula is C16H19N3O. The van der Waals surface area contributed by atoms with Crippen molar-refractivity contribution in [2.45, 2.75) is 26.8 Å². The fraction of sp³-hybridized carbons (Fsp3) is 0.250. The Balaban J connectivity index is 2.04. The molecule has 0 bridgehead atoms. The normalized spacial score (nSPS) is 10.3. The first kappa shape index (κ1) is 14.1. The smallest absolute Gasteiger partial charge is 0.251 e. The summed E-state index contributed by atoms with van der Waals surface area (Å²) < 4.78 is 0. The molecule has 4 nitrogen and oxygen atoms in total. The Bertz CT molecular complexity index is 606. The summed E-state index contributed by atoms with van der Waals surface area (Å²) in [7, 11) is 0. The van der Waals surface area contributed by atoms with Crippen LogP contribution in [0.15, 0.2) is 36.4 Å². The average Bonchev–Trinajstić information content (AvgIpc) is 2.45. The van der Waals surface area contributed by atoms with Crippen LogP contribution in [0.2, 0.25) is 0 Å². The minimum absolute atomic E-state index is 0.130. The van der Waals surface area contributed by atoms with Crippen LogP contribution in [0.4, 0.5) is 5.82 Å². The van der Waals surface area contributed by atoms with Crippen LogP contribution >= 0.6 is 0 Å². The summed E-state index contributed by atoms with van der Waals surface area (Å²) in [5, 5.41) is 2.89. The number of pyridine rings is 1. The second-order valence-electron chi connectivity index (χ2n) is 4.79. The minimum atomic E-state index is -0.130. The number of benzene rings is 1. The summed E-state index contributed by atoms with van der Waals surface area (Å²) >= 11 is 0. The van der Waals surface area contributed by atoms with E-state index in [0.717, 1.165) is 17.7 Å². The molecule has 0 atom stereocenters. The van der Waals surface area contributed by atoms with Crippen molar-refractivity contribution < 1.29 is 4.79 Å². The monoisotopic (exact) mass is 269 g/mol. The second kappa shape index (κ2) is 6.19. The van der Waals surface area contributed by atoms with Crippen molar-refractivity contribution in [2.75, 3.05) is 5.73 Å². The highest BCUT2D eigenvalue weighted by molar-refractivity contribution is 5.94. The van der Waals surface area contributed by atoms with Crippen LogP contribution in [0.3, 0.4) is 0 Å². The third-order valence-corrected chi connectivity index (χ3v) is 3.10. The molecule has 4 heteroatoms. The fourth-order valence-electron chi connectivity index (χ4n) is 1.91. The number of nitrogen functional groups attached to an aromatic ring is 1. The summed E-state index contributed by atoms with van der Waals surface area (Å²) in [5.41, 5.74) is 9.36. The van der Waals surface area contributed by atoms with Gasteiger partial charge in [0.15, 0.2) is 0 Å². The van der Waals surface area contributed by atoms with Crippen molar-refractivity contribution in [2.24, 2.45) is 0 Å². The molecule has 1 heterocycles. The summed E-state index contributed by atoms with van der Waals surface area (Å²) in [4.78, 5) is 16.3. The standard InChI is InChI=1S/C16H19N3O/c1-3-14-8-13(9-15(17)19-14)16(20)18-10-12-6-4-11(2)5-7-12/h4-9H,3,10H2,1-2H3,(H2,17,19)(H,18,20). The molecule has 0 unspecified atom stereocenters. The Morgan fingerprint density at radius 1 is 1.25 bits per heavy atom. The molecule has 0 radical (unpaired) electrons. The lowest BCUT2D eigenvalue weighted by atomic mass is 10.1. The lowest BCUT2D eigenvalue weighted by Gasteiger charge is -2.07. The Hall–Kier alpha value is -2.36. The SMILES string of the molecule is CCc1cc(C(=O)NCc2ccc(C)cc2)cc(N)n1. The maximum Gasteiger partial charge on any atom is 0.251 e. The van der Waals surface area contributed by atoms with Gasteiger partial charge in [-0.15, -0.1) is 0 Å². The van der Waals surface area contributed by atoms with Gasteiger partial charge in [0, 0.05) is 17.8 Å².